The summed E-state index contributed by atoms with van der Waals surface area (Å²) in [6.45, 7) is 2.35. The number of halogens is 1. The molecular formula is C19H21BrO2. The Kier molecular flexibility index (Phi) is 3.28. The number of hydrogen-bond acceptors (Lipinski definition) is 2. The van der Waals surface area contributed by atoms with E-state index in [2.05, 4.69) is 41.1 Å². The van der Waals surface area contributed by atoms with Gasteiger partial charge >= 0.3 is 0 Å². The molecule has 0 spiro atoms. The maximum atomic E-state index is 10.2. The van der Waals surface area contributed by atoms with Gasteiger partial charge in [-0.3, -0.25) is 0 Å². The Morgan fingerprint density at radius 2 is 2.09 bits per heavy atom. The van der Waals surface area contributed by atoms with Crippen molar-refractivity contribution in [3.05, 3.63) is 39.9 Å². The fourth-order valence-corrected chi connectivity index (χ4v) is 5.26. The summed E-state index contributed by atoms with van der Waals surface area (Å²) in [7, 11) is 1.72. The predicted molar refractivity (Wildman–Crippen MR) is 92.6 cm³/mol. The average molecular weight is 361 g/mol. The molecule has 1 N–H and O–H groups in total. The van der Waals surface area contributed by atoms with E-state index < -0.39 is 0 Å². The van der Waals surface area contributed by atoms with Gasteiger partial charge in [0.15, 0.2) is 0 Å². The van der Waals surface area contributed by atoms with Gasteiger partial charge in [0.05, 0.1) is 13.2 Å². The third-order valence-corrected chi connectivity index (χ3v) is 6.47. The maximum absolute atomic E-state index is 10.2. The lowest BCUT2D eigenvalue weighted by Crippen LogP contribution is -2.26. The van der Waals surface area contributed by atoms with Crippen LogP contribution in [0.15, 0.2) is 28.7 Å². The lowest BCUT2D eigenvalue weighted by molar-refractivity contribution is 0.159. The Hall–Kier alpha value is -1.06. The zero-order valence-corrected chi connectivity index (χ0v) is 14.6. The Labute approximate surface area is 139 Å². The number of rotatable bonds is 1. The van der Waals surface area contributed by atoms with Crippen molar-refractivity contribution in [2.75, 3.05) is 7.11 Å². The van der Waals surface area contributed by atoms with E-state index in [1.54, 1.807) is 7.11 Å². The summed E-state index contributed by atoms with van der Waals surface area (Å²) in [4.78, 5) is 0. The first-order valence-corrected chi connectivity index (χ1v) is 8.78. The van der Waals surface area contributed by atoms with Crippen LogP contribution in [0.1, 0.15) is 43.2 Å². The lowest BCUT2D eigenvalue weighted by Gasteiger charge is -2.38. The van der Waals surface area contributed by atoms with Crippen molar-refractivity contribution in [3.63, 3.8) is 0 Å². The highest BCUT2D eigenvalue weighted by molar-refractivity contribution is 9.10. The fourth-order valence-electron chi connectivity index (χ4n) is 4.66. The molecule has 3 atom stereocenters. The van der Waals surface area contributed by atoms with Gasteiger partial charge in [0.2, 0.25) is 0 Å². The van der Waals surface area contributed by atoms with Crippen LogP contribution >= 0.6 is 15.9 Å². The molecule has 0 amide bonds. The lowest BCUT2D eigenvalue weighted by atomic mass is 9.66. The molecule has 2 aliphatic rings. The van der Waals surface area contributed by atoms with E-state index in [-0.39, 0.29) is 11.5 Å². The van der Waals surface area contributed by atoms with Crippen LogP contribution < -0.4 is 4.74 Å². The van der Waals surface area contributed by atoms with Crippen molar-refractivity contribution >= 4 is 26.7 Å². The van der Waals surface area contributed by atoms with Crippen molar-refractivity contribution < 1.29 is 9.84 Å². The summed E-state index contributed by atoms with van der Waals surface area (Å²) >= 11 is 3.75. The second-order valence-corrected chi connectivity index (χ2v) is 7.99. The normalized spacial score (nSPS) is 30.2. The SMILES string of the molecule is COc1ccc2c(Br)cc3c(c2c1)CC[C@@]1(C)C[C@@H](O)C[C@H]31. The van der Waals surface area contributed by atoms with Gasteiger partial charge in [-0.05, 0) is 83.2 Å². The summed E-state index contributed by atoms with van der Waals surface area (Å²) < 4.78 is 6.57. The molecule has 0 saturated heterocycles. The number of aliphatic hydroxyl groups is 1. The molecule has 0 radical (unpaired) electrons. The van der Waals surface area contributed by atoms with Gasteiger partial charge in [-0.2, -0.15) is 0 Å². The number of ether oxygens (including phenoxy) is 1. The second-order valence-electron chi connectivity index (χ2n) is 7.14. The molecule has 0 bridgehead atoms. The molecule has 2 aromatic rings. The fraction of sp³-hybridized carbons (Fsp3) is 0.474. The van der Waals surface area contributed by atoms with Crippen molar-refractivity contribution in [2.45, 2.75) is 44.6 Å². The molecule has 0 heterocycles. The van der Waals surface area contributed by atoms with Gasteiger partial charge in [0, 0.05) is 4.47 Å². The maximum Gasteiger partial charge on any atom is 0.119 e. The Balaban J connectivity index is 1.96. The van der Waals surface area contributed by atoms with Gasteiger partial charge < -0.3 is 9.84 Å². The standard InChI is InChI=1S/C19H21BrO2/c1-19-6-5-13-15-8-12(22-2)3-4-14(15)18(20)9-16(13)17(19)7-11(21)10-19/h3-4,8-9,11,17,21H,5-7,10H2,1-2H3/t11-,17+,19-/m0/s1. The van der Waals surface area contributed by atoms with Crippen molar-refractivity contribution in [2.24, 2.45) is 5.41 Å². The first-order valence-electron chi connectivity index (χ1n) is 7.99. The zero-order chi connectivity index (χ0) is 15.5. The molecule has 0 aromatic heterocycles. The second kappa shape index (κ2) is 4.97. The molecule has 2 nitrogen and oxygen atoms in total. The zero-order valence-electron chi connectivity index (χ0n) is 13.0. The van der Waals surface area contributed by atoms with Gasteiger partial charge in [-0.25, -0.2) is 0 Å². The van der Waals surface area contributed by atoms with Crippen LogP contribution in [0.2, 0.25) is 0 Å². The van der Waals surface area contributed by atoms with Crippen molar-refractivity contribution in [1.82, 2.24) is 0 Å². The molecule has 0 aliphatic heterocycles. The predicted octanol–water partition coefficient (Wildman–Crippen LogP) is 4.80. The van der Waals surface area contributed by atoms with Crippen LogP contribution in [0.5, 0.6) is 5.75 Å². The summed E-state index contributed by atoms with van der Waals surface area (Å²) in [5.74, 6) is 1.38. The third-order valence-electron chi connectivity index (χ3n) is 5.81. The smallest absolute Gasteiger partial charge is 0.119 e. The van der Waals surface area contributed by atoms with Crippen LogP contribution in [0.3, 0.4) is 0 Å². The minimum Gasteiger partial charge on any atom is -0.497 e. The van der Waals surface area contributed by atoms with E-state index in [0.29, 0.717) is 5.92 Å². The number of benzene rings is 2. The monoisotopic (exact) mass is 360 g/mol. The minimum absolute atomic E-state index is 0.152. The summed E-state index contributed by atoms with van der Waals surface area (Å²) in [6.07, 6.45) is 3.93. The quantitative estimate of drug-likeness (QED) is 0.791. The largest absolute Gasteiger partial charge is 0.497 e. The molecule has 4 rings (SSSR count). The number of methoxy groups -OCH3 is 1. The van der Waals surface area contributed by atoms with Gasteiger partial charge in [0.25, 0.3) is 0 Å². The molecular weight excluding hydrogens is 340 g/mol. The summed E-state index contributed by atoms with van der Waals surface area (Å²) in [6, 6.07) is 8.61. The summed E-state index contributed by atoms with van der Waals surface area (Å²) in [5, 5.41) is 12.7. The molecule has 3 heteroatoms. The molecule has 116 valence electrons. The van der Waals surface area contributed by atoms with Crippen LogP contribution in [0, 0.1) is 5.41 Å². The van der Waals surface area contributed by atoms with Crippen LogP contribution in [0.4, 0.5) is 0 Å². The number of aryl methyl sites for hydroxylation is 1. The van der Waals surface area contributed by atoms with Gasteiger partial charge in [0.1, 0.15) is 5.75 Å². The topological polar surface area (TPSA) is 29.5 Å². The highest BCUT2D eigenvalue weighted by atomic mass is 79.9. The Bertz CT molecular complexity index is 755. The van der Waals surface area contributed by atoms with E-state index in [1.807, 2.05) is 6.07 Å². The van der Waals surface area contributed by atoms with Crippen LogP contribution in [-0.4, -0.2) is 18.3 Å². The highest BCUT2D eigenvalue weighted by Crippen LogP contribution is 2.57. The highest BCUT2D eigenvalue weighted by Gasteiger charge is 2.47. The molecule has 2 aromatic carbocycles. The molecule has 0 unspecified atom stereocenters. The number of fused-ring (bicyclic) bond motifs is 5. The van der Waals surface area contributed by atoms with Crippen LogP contribution in [-0.2, 0) is 6.42 Å². The Morgan fingerprint density at radius 1 is 1.27 bits per heavy atom. The van der Waals surface area contributed by atoms with E-state index in [0.717, 1.165) is 35.9 Å². The first-order chi connectivity index (χ1) is 10.5. The molecule has 1 saturated carbocycles. The van der Waals surface area contributed by atoms with Crippen molar-refractivity contribution in [3.8, 4) is 5.75 Å². The third kappa shape index (κ3) is 2.02. The number of hydrogen-bond donors (Lipinski definition) is 1. The molecule has 2 aliphatic carbocycles. The molecule has 1 fully saturated rings. The van der Waals surface area contributed by atoms with Gasteiger partial charge in [-0.15, -0.1) is 0 Å². The molecule has 22 heavy (non-hydrogen) atoms. The average Bonchev–Trinajstić information content (AvgIpc) is 2.81. The summed E-state index contributed by atoms with van der Waals surface area (Å²) in [5.41, 5.74) is 3.13. The minimum atomic E-state index is -0.152. The van der Waals surface area contributed by atoms with E-state index in [9.17, 15) is 5.11 Å². The Morgan fingerprint density at radius 3 is 2.86 bits per heavy atom. The number of aliphatic hydroxyl groups excluding tert-OH is 1. The van der Waals surface area contributed by atoms with Gasteiger partial charge in [-0.1, -0.05) is 22.9 Å². The van der Waals surface area contributed by atoms with E-state index >= 15 is 0 Å². The first kappa shape index (κ1) is 14.5. The van der Waals surface area contributed by atoms with E-state index in [1.165, 1.54) is 21.9 Å². The van der Waals surface area contributed by atoms with Crippen molar-refractivity contribution in [1.29, 1.82) is 0 Å². The van der Waals surface area contributed by atoms with Crippen LogP contribution in [0.25, 0.3) is 10.8 Å². The van der Waals surface area contributed by atoms with E-state index in [4.69, 9.17) is 4.74 Å².